The maximum atomic E-state index is 13.1. The number of nitrogens with zero attached hydrogens (tertiary/aromatic N) is 3. The number of carbonyl (C=O) groups excluding carboxylic acids is 1. The fourth-order valence-corrected chi connectivity index (χ4v) is 4.53. The maximum Gasteiger partial charge on any atom is 0.253 e. The minimum atomic E-state index is 0.0718. The summed E-state index contributed by atoms with van der Waals surface area (Å²) in [5, 5.41) is 0. The van der Waals surface area contributed by atoms with Crippen molar-refractivity contribution < 1.29 is 4.79 Å². The zero-order valence-corrected chi connectivity index (χ0v) is 15.0. The largest absolute Gasteiger partial charge is 0.338 e. The van der Waals surface area contributed by atoms with Crippen molar-refractivity contribution in [3.05, 3.63) is 88.6 Å². The third kappa shape index (κ3) is 2.79. The minimum absolute atomic E-state index is 0.0718. The molecule has 5 heteroatoms. The molecule has 0 aliphatic carbocycles. The summed E-state index contributed by atoms with van der Waals surface area (Å²) < 4.78 is 3.92. The van der Waals surface area contributed by atoms with E-state index in [1.807, 2.05) is 75.0 Å². The number of pyridine rings is 1. The molecule has 0 saturated carbocycles. The van der Waals surface area contributed by atoms with Gasteiger partial charge in [0.15, 0.2) is 0 Å². The minimum Gasteiger partial charge on any atom is -0.338 e. The standard InChI is InChI=1S/C22H21N3O2/c26-21-5-3-4-20-18-12-16(14-25(20)21)13-24(15-18)22(27)17-6-8-19(9-7-17)23-10-1-2-11-23/h1-11,16,18H,12-15H2/t16-,18+/m0/s1. The van der Waals surface area contributed by atoms with Crippen LogP contribution in [0, 0.1) is 5.92 Å². The number of hydrogen-bond donors (Lipinski definition) is 0. The van der Waals surface area contributed by atoms with Crippen LogP contribution in [0.15, 0.2) is 71.8 Å². The van der Waals surface area contributed by atoms with E-state index in [1.54, 1.807) is 6.07 Å². The Balaban J connectivity index is 1.38. The van der Waals surface area contributed by atoms with Gasteiger partial charge in [0.1, 0.15) is 0 Å². The van der Waals surface area contributed by atoms with E-state index in [0.717, 1.165) is 29.9 Å². The van der Waals surface area contributed by atoms with Gasteiger partial charge in [-0.1, -0.05) is 6.07 Å². The van der Waals surface area contributed by atoms with Gasteiger partial charge < -0.3 is 14.0 Å². The van der Waals surface area contributed by atoms with Crippen molar-refractivity contribution in [3.63, 3.8) is 0 Å². The Morgan fingerprint density at radius 1 is 0.889 bits per heavy atom. The van der Waals surface area contributed by atoms with Gasteiger partial charge in [-0.15, -0.1) is 0 Å². The highest BCUT2D eigenvalue weighted by Gasteiger charge is 2.36. The maximum absolute atomic E-state index is 13.1. The first kappa shape index (κ1) is 16.1. The van der Waals surface area contributed by atoms with Crippen molar-refractivity contribution in [2.45, 2.75) is 18.9 Å². The molecule has 136 valence electrons. The van der Waals surface area contributed by atoms with Crippen LogP contribution in [0.1, 0.15) is 28.4 Å². The molecule has 27 heavy (non-hydrogen) atoms. The lowest BCUT2D eigenvalue weighted by Gasteiger charge is -2.42. The quantitative estimate of drug-likeness (QED) is 0.706. The lowest BCUT2D eigenvalue weighted by molar-refractivity contribution is 0.0594. The number of piperidine rings is 1. The fraction of sp³-hybridized carbons (Fsp3) is 0.273. The number of aromatic nitrogens is 2. The van der Waals surface area contributed by atoms with Crippen molar-refractivity contribution in [2.24, 2.45) is 5.92 Å². The van der Waals surface area contributed by atoms with E-state index in [0.29, 0.717) is 19.0 Å². The van der Waals surface area contributed by atoms with Gasteiger partial charge >= 0.3 is 0 Å². The molecule has 3 aromatic rings. The van der Waals surface area contributed by atoms with Crippen molar-refractivity contribution in [1.29, 1.82) is 0 Å². The molecular weight excluding hydrogens is 338 g/mol. The molecule has 1 saturated heterocycles. The fourth-order valence-electron chi connectivity index (χ4n) is 4.53. The second-order valence-corrected chi connectivity index (χ2v) is 7.55. The van der Waals surface area contributed by atoms with Gasteiger partial charge in [-0.2, -0.15) is 0 Å². The summed E-state index contributed by atoms with van der Waals surface area (Å²) in [6, 6.07) is 17.2. The molecule has 5 rings (SSSR count). The normalized spacial score (nSPS) is 21.0. The monoisotopic (exact) mass is 359 g/mol. The zero-order chi connectivity index (χ0) is 18.4. The Morgan fingerprint density at radius 2 is 1.67 bits per heavy atom. The Morgan fingerprint density at radius 3 is 2.44 bits per heavy atom. The van der Waals surface area contributed by atoms with Crippen LogP contribution in [0.5, 0.6) is 0 Å². The first-order chi connectivity index (χ1) is 13.2. The van der Waals surface area contributed by atoms with Crippen LogP contribution in [0.4, 0.5) is 0 Å². The molecule has 2 aromatic heterocycles. The first-order valence-corrected chi connectivity index (χ1v) is 9.41. The average Bonchev–Trinajstić information content (AvgIpc) is 3.23. The topological polar surface area (TPSA) is 47.2 Å². The molecule has 0 unspecified atom stereocenters. The van der Waals surface area contributed by atoms with Gasteiger partial charge in [0.05, 0.1) is 0 Å². The molecule has 0 spiro atoms. The van der Waals surface area contributed by atoms with Crippen LogP contribution in [-0.4, -0.2) is 33.0 Å². The third-order valence-corrected chi connectivity index (χ3v) is 5.78. The second-order valence-electron chi connectivity index (χ2n) is 7.55. The van der Waals surface area contributed by atoms with Crippen LogP contribution in [0.25, 0.3) is 5.69 Å². The smallest absolute Gasteiger partial charge is 0.253 e. The van der Waals surface area contributed by atoms with Crippen molar-refractivity contribution in [1.82, 2.24) is 14.0 Å². The summed E-state index contributed by atoms with van der Waals surface area (Å²) in [5.74, 6) is 0.671. The summed E-state index contributed by atoms with van der Waals surface area (Å²) in [6.45, 7) is 2.11. The highest BCUT2D eigenvalue weighted by Crippen LogP contribution is 2.35. The van der Waals surface area contributed by atoms with E-state index < -0.39 is 0 Å². The molecule has 2 aliphatic heterocycles. The summed E-state index contributed by atoms with van der Waals surface area (Å²) in [5.41, 5.74) is 2.90. The second kappa shape index (κ2) is 6.27. The van der Waals surface area contributed by atoms with Gasteiger partial charge in [0, 0.05) is 61.0 Å². The molecule has 1 amide bonds. The first-order valence-electron chi connectivity index (χ1n) is 9.41. The van der Waals surface area contributed by atoms with Crippen LogP contribution < -0.4 is 5.56 Å². The van der Waals surface area contributed by atoms with E-state index >= 15 is 0 Å². The zero-order valence-electron chi connectivity index (χ0n) is 15.0. The average molecular weight is 359 g/mol. The van der Waals surface area contributed by atoms with Crippen LogP contribution in [0.2, 0.25) is 0 Å². The van der Waals surface area contributed by atoms with E-state index in [1.165, 1.54) is 0 Å². The van der Waals surface area contributed by atoms with Crippen LogP contribution in [0.3, 0.4) is 0 Å². The number of benzene rings is 1. The van der Waals surface area contributed by atoms with Crippen LogP contribution >= 0.6 is 0 Å². The number of carbonyl (C=O) groups is 1. The SMILES string of the molecule is O=C(c1ccc(-n2cccc2)cc1)N1C[C@@H]2C[C@H](C1)c1cccc(=O)n1C2. The van der Waals surface area contributed by atoms with Crippen molar-refractivity contribution in [2.75, 3.05) is 13.1 Å². The molecule has 0 N–H and O–H groups in total. The number of hydrogen-bond acceptors (Lipinski definition) is 2. The third-order valence-electron chi connectivity index (χ3n) is 5.78. The van der Waals surface area contributed by atoms with Crippen LogP contribution in [-0.2, 0) is 6.54 Å². The molecule has 2 aliphatic rings. The van der Waals surface area contributed by atoms with E-state index in [4.69, 9.17) is 0 Å². The summed E-state index contributed by atoms with van der Waals surface area (Å²) >= 11 is 0. The number of amides is 1. The van der Waals surface area contributed by atoms with Gasteiger partial charge in [-0.3, -0.25) is 9.59 Å². The number of likely N-dealkylation sites (tertiary alicyclic amines) is 1. The van der Waals surface area contributed by atoms with E-state index in [2.05, 4.69) is 0 Å². The molecule has 1 aromatic carbocycles. The molecule has 4 heterocycles. The number of rotatable bonds is 2. The van der Waals surface area contributed by atoms with E-state index in [-0.39, 0.29) is 17.4 Å². The van der Waals surface area contributed by atoms with Gasteiger partial charge in [-0.05, 0) is 54.8 Å². The summed E-state index contributed by atoms with van der Waals surface area (Å²) in [7, 11) is 0. The predicted octanol–water partition coefficient (Wildman–Crippen LogP) is 2.90. The Labute approximate surface area is 157 Å². The molecule has 2 atom stereocenters. The highest BCUT2D eigenvalue weighted by atomic mass is 16.2. The predicted molar refractivity (Wildman–Crippen MR) is 103 cm³/mol. The van der Waals surface area contributed by atoms with Gasteiger partial charge in [0.2, 0.25) is 0 Å². The Kier molecular flexibility index (Phi) is 3.74. The van der Waals surface area contributed by atoms with Crippen molar-refractivity contribution in [3.8, 4) is 5.69 Å². The van der Waals surface area contributed by atoms with Crippen molar-refractivity contribution >= 4 is 5.91 Å². The molecule has 5 nitrogen and oxygen atoms in total. The molecule has 2 bridgehead atoms. The summed E-state index contributed by atoms with van der Waals surface area (Å²) in [4.78, 5) is 27.2. The lowest BCUT2D eigenvalue weighted by Crippen LogP contribution is -2.49. The van der Waals surface area contributed by atoms with E-state index in [9.17, 15) is 9.59 Å². The Bertz CT molecular complexity index is 1030. The van der Waals surface area contributed by atoms with Gasteiger partial charge in [0.25, 0.3) is 11.5 Å². The lowest BCUT2D eigenvalue weighted by atomic mass is 9.83. The van der Waals surface area contributed by atoms with Gasteiger partial charge in [-0.25, -0.2) is 0 Å². The number of fused-ring (bicyclic) bond motifs is 4. The molecule has 0 radical (unpaired) electrons. The summed E-state index contributed by atoms with van der Waals surface area (Å²) in [6.07, 6.45) is 5.03. The molecule has 1 fully saturated rings. The Hall–Kier alpha value is -3.08. The molecular formula is C22H21N3O2. The highest BCUT2D eigenvalue weighted by molar-refractivity contribution is 5.94.